The number of likely N-dealkylation sites (N-methyl/N-ethyl adjacent to an activating group) is 1. The number of piperidine rings is 1. The summed E-state index contributed by atoms with van der Waals surface area (Å²) < 4.78 is 5.60. The molecule has 0 saturated carbocycles. The third-order valence-corrected chi connectivity index (χ3v) is 6.41. The first kappa shape index (κ1) is 21.9. The number of aliphatic imine (C=N–C) groups is 1. The predicted molar refractivity (Wildman–Crippen MR) is 122 cm³/mol. The SMILES string of the molecule is CCNC(=NCC1(N(C)C)CCOCC1)NC1CCCN(c2ccc(C)cc2)C1. The molecule has 0 bridgehead atoms. The van der Waals surface area contributed by atoms with E-state index in [2.05, 4.69) is 72.6 Å². The van der Waals surface area contributed by atoms with Crippen molar-refractivity contribution in [3.05, 3.63) is 29.8 Å². The highest BCUT2D eigenvalue weighted by atomic mass is 16.5. The lowest BCUT2D eigenvalue weighted by Gasteiger charge is -2.42. The molecule has 2 saturated heterocycles. The van der Waals surface area contributed by atoms with Crippen LogP contribution in [-0.4, -0.2) is 75.9 Å². The van der Waals surface area contributed by atoms with Gasteiger partial charge in [0.1, 0.15) is 0 Å². The van der Waals surface area contributed by atoms with Crippen LogP contribution in [0.2, 0.25) is 0 Å². The highest BCUT2D eigenvalue weighted by molar-refractivity contribution is 5.80. The van der Waals surface area contributed by atoms with E-state index in [1.807, 2.05) is 0 Å². The fourth-order valence-corrected chi connectivity index (χ4v) is 4.32. The molecule has 2 aliphatic heterocycles. The molecule has 0 spiro atoms. The fraction of sp³-hybridized carbons (Fsp3) is 0.696. The number of benzene rings is 1. The molecule has 0 aliphatic carbocycles. The topological polar surface area (TPSA) is 52.1 Å². The fourth-order valence-electron chi connectivity index (χ4n) is 4.32. The van der Waals surface area contributed by atoms with Crippen LogP contribution in [0.4, 0.5) is 5.69 Å². The molecule has 0 amide bonds. The summed E-state index contributed by atoms with van der Waals surface area (Å²) in [6.07, 6.45) is 4.45. The molecule has 2 heterocycles. The van der Waals surface area contributed by atoms with Crippen molar-refractivity contribution in [2.45, 2.75) is 51.1 Å². The maximum absolute atomic E-state index is 5.60. The van der Waals surface area contributed by atoms with E-state index < -0.39 is 0 Å². The van der Waals surface area contributed by atoms with E-state index in [9.17, 15) is 0 Å². The number of hydrogen-bond donors (Lipinski definition) is 2. The van der Waals surface area contributed by atoms with Gasteiger partial charge < -0.3 is 25.2 Å². The van der Waals surface area contributed by atoms with E-state index in [0.29, 0.717) is 6.04 Å². The molecule has 2 N–H and O–H groups in total. The Labute approximate surface area is 176 Å². The largest absolute Gasteiger partial charge is 0.381 e. The maximum atomic E-state index is 5.60. The van der Waals surface area contributed by atoms with Crippen LogP contribution in [0.3, 0.4) is 0 Å². The molecule has 1 aromatic rings. The van der Waals surface area contributed by atoms with Gasteiger partial charge in [-0.3, -0.25) is 4.99 Å². The normalized spacial score (nSPS) is 22.6. The van der Waals surface area contributed by atoms with Crippen LogP contribution in [0.15, 0.2) is 29.3 Å². The van der Waals surface area contributed by atoms with Crippen LogP contribution in [0.5, 0.6) is 0 Å². The summed E-state index contributed by atoms with van der Waals surface area (Å²) in [5, 5.41) is 7.17. The highest BCUT2D eigenvalue weighted by Crippen LogP contribution is 2.26. The summed E-state index contributed by atoms with van der Waals surface area (Å²) >= 11 is 0. The third-order valence-electron chi connectivity index (χ3n) is 6.41. The molecular weight excluding hydrogens is 362 g/mol. The minimum Gasteiger partial charge on any atom is -0.381 e. The van der Waals surface area contributed by atoms with Crippen LogP contribution >= 0.6 is 0 Å². The molecule has 6 heteroatoms. The number of ether oxygens (including phenoxy) is 1. The van der Waals surface area contributed by atoms with Gasteiger partial charge in [-0.25, -0.2) is 0 Å². The molecule has 0 aromatic heterocycles. The van der Waals surface area contributed by atoms with Gasteiger partial charge in [-0.2, -0.15) is 0 Å². The quantitative estimate of drug-likeness (QED) is 0.567. The second kappa shape index (κ2) is 10.3. The first-order chi connectivity index (χ1) is 14.0. The summed E-state index contributed by atoms with van der Waals surface area (Å²) in [5.41, 5.74) is 2.73. The Kier molecular flexibility index (Phi) is 7.78. The standard InChI is InChI=1S/C23H39N5O/c1-5-24-22(25-18-23(27(3)4)12-15-29-16-13-23)26-20-7-6-14-28(17-20)21-10-8-19(2)9-11-21/h8-11,20H,5-7,12-18H2,1-4H3,(H2,24,25,26). The molecule has 162 valence electrons. The Balaban J connectivity index is 1.64. The monoisotopic (exact) mass is 401 g/mol. The molecule has 1 aromatic carbocycles. The lowest BCUT2D eigenvalue weighted by Crippen LogP contribution is -2.53. The van der Waals surface area contributed by atoms with Crippen molar-refractivity contribution >= 4 is 11.6 Å². The lowest BCUT2D eigenvalue weighted by molar-refractivity contribution is -0.00255. The highest BCUT2D eigenvalue weighted by Gasteiger charge is 2.34. The van der Waals surface area contributed by atoms with Gasteiger partial charge >= 0.3 is 0 Å². The molecule has 1 atom stereocenters. The van der Waals surface area contributed by atoms with Crippen molar-refractivity contribution in [2.75, 3.05) is 58.4 Å². The summed E-state index contributed by atoms with van der Waals surface area (Å²) in [6, 6.07) is 9.29. The number of nitrogens with zero attached hydrogens (tertiary/aromatic N) is 3. The summed E-state index contributed by atoms with van der Waals surface area (Å²) in [5.74, 6) is 0.941. The number of aryl methyl sites for hydroxylation is 1. The molecule has 0 radical (unpaired) electrons. The number of guanidine groups is 1. The molecule has 2 fully saturated rings. The van der Waals surface area contributed by atoms with Gasteiger partial charge in [-0.05, 0) is 65.8 Å². The lowest BCUT2D eigenvalue weighted by atomic mass is 9.89. The van der Waals surface area contributed by atoms with Gasteiger partial charge in [-0.15, -0.1) is 0 Å². The van der Waals surface area contributed by atoms with E-state index in [1.54, 1.807) is 0 Å². The van der Waals surface area contributed by atoms with Crippen molar-refractivity contribution in [1.82, 2.24) is 15.5 Å². The average molecular weight is 402 g/mol. The van der Waals surface area contributed by atoms with Crippen molar-refractivity contribution < 1.29 is 4.74 Å². The second-order valence-corrected chi connectivity index (χ2v) is 8.69. The van der Waals surface area contributed by atoms with Crippen molar-refractivity contribution in [1.29, 1.82) is 0 Å². The number of hydrogen-bond acceptors (Lipinski definition) is 4. The minimum absolute atomic E-state index is 0.0983. The van der Waals surface area contributed by atoms with Gasteiger partial charge in [0.05, 0.1) is 6.54 Å². The average Bonchev–Trinajstić information content (AvgIpc) is 2.73. The Morgan fingerprint density at radius 3 is 2.62 bits per heavy atom. The van der Waals surface area contributed by atoms with Crippen LogP contribution < -0.4 is 15.5 Å². The summed E-state index contributed by atoms with van der Waals surface area (Å²) in [6.45, 7) is 9.73. The smallest absolute Gasteiger partial charge is 0.191 e. The molecule has 6 nitrogen and oxygen atoms in total. The zero-order valence-electron chi connectivity index (χ0n) is 18.7. The van der Waals surface area contributed by atoms with E-state index in [-0.39, 0.29) is 5.54 Å². The van der Waals surface area contributed by atoms with Gasteiger partial charge in [0.15, 0.2) is 5.96 Å². The second-order valence-electron chi connectivity index (χ2n) is 8.69. The van der Waals surface area contributed by atoms with Crippen LogP contribution in [0, 0.1) is 6.92 Å². The number of anilines is 1. The van der Waals surface area contributed by atoms with Crippen LogP contribution in [0.25, 0.3) is 0 Å². The third kappa shape index (κ3) is 5.86. The zero-order chi connectivity index (χ0) is 20.7. The van der Waals surface area contributed by atoms with Crippen molar-refractivity contribution in [3.8, 4) is 0 Å². The predicted octanol–water partition coefficient (Wildman–Crippen LogP) is 2.63. The first-order valence-corrected chi connectivity index (χ1v) is 11.1. The van der Waals surface area contributed by atoms with Crippen LogP contribution in [-0.2, 0) is 4.74 Å². The van der Waals surface area contributed by atoms with E-state index in [4.69, 9.17) is 9.73 Å². The Bertz CT molecular complexity index is 652. The van der Waals surface area contributed by atoms with Crippen molar-refractivity contribution in [3.63, 3.8) is 0 Å². The summed E-state index contributed by atoms with van der Waals surface area (Å²) in [7, 11) is 4.34. The molecule has 3 rings (SSSR count). The minimum atomic E-state index is 0.0983. The van der Waals surface area contributed by atoms with E-state index >= 15 is 0 Å². The maximum Gasteiger partial charge on any atom is 0.191 e. The molecule has 29 heavy (non-hydrogen) atoms. The van der Waals surface area contributed by atoms with Crippen molar-refractivity contribution in [2.24, 2.45) is 4.99 Å². The first-order valence-electron chi connectivity index (χ1n) is 11.1. The van der Waals surface area contributed by atoms with Gasteiger partial charge in [0.2, 0.25) is 0 Å². The Morgan fingerprint density at radius 1 is 1.24 bits per heavy atom. The summed E-state index contributed by atoms with van der Waals surface area (Å²) in [4.78, 5) is 9.84. The Morgan fingerprint density at radius 2 is 1.97 bits per heavy atom. The van der Waals surface area contributed by atoms with E-state index in [1.165, 1.54) is 24.1 Å². The van der Waals surface area contributed by atoms with E-state index in [0.717, 1.165) is 58.2 Å². The van der Waals surface area contributed by atoms with Gasteiger partial charge in [0, 0.05) is 50.1 Å². The van der Waals surface area contributed by atoms with Gasteiger partial charge in [-0.1, -0.05) is 17.7 Å². The van der Waals surface area contributed by atoms with Gasteiger partial charge in [0.25, 0.3) is 0 Å². The molecular formula is C23H39N5O. The zero-order valence-corrected chi connectivity index (χ0v) is 18.7. The molecule has 1 unspecified atom stereocenters. The molecule has 2 aliphatic rings. The Hall–Kier alpha value is -1.79. The van der Waals surface area contributed by atoms with Crippen LogP contribution in [0.1, 0.15) is 38.2 Å². The number of rotatable bonds is 6. The number of nitrogens with one attached hydrogen (secondary N) is 2.